The molecule has 26 heavy (non-hydrogen) atoms. The zero-order chi connectivity index (χ0) is 18.6. The third kappa shape index (κ3) is 4.28. The number of aromatic nitrogens is 2. The van der Waals surface area contributed by atoms with Crippen LogP contribution >= 0.6 is 0 Å². The van der Waals surface area contributed by atoms with Crippen molar-refractivity contribution in [3.63, 3.8) is 0 Å². The minimum absolute atomic E-state index is 0.0163. The summed E-state index contributed by atoms with van der Waals surface area (Å²) in [6.07, 6.45) is 1.54. The first-order valence-corrected chi connectivity index (χ1v) is 9.27. The third-order valence-corrected chi connectivity index (χ3v) is 4.89. The molecule has 1 heterocycles. The predicted molar refractivity (Wildman–Crippen MR) is 95.1 cm³/mol. The number of nitrogens with zero attached hydrogens (tertiary/aromatic N) is 2. The second-order valence-electron chi connectivity index (χ2n) is 5.57. The van der Waals surface area contributed by atoms with E-state index < -0.39 is 15.9 Å². The van der Waals surface area contributed by atoms with Gasteiger partial charge in [0.2, 0.25) is 0 Å². The average molecular weight is 371 g/mol. The van der Waals surface area contributed by atoms with Crippen molar-refractivity contribution in [3.8, 4) is 5.75 Å². The molecule has 7 nitrogen and oxygen atoms in total. The Morgan fingerprint density at radius 2 is 1.77 bits per heavy atom. The van der Waals surface area contributed by atoms with Crippen molar-refractivity contribution in [1.29, 1.82) is 0 Å². The van der Waals surface area contributed by atoms with Crippen molar-refractivity contribution in [2.45, 2.75) is 18.6 Å². The van der Waals surface area contributed by atoms with E-state index in [0.717, 1.165) is 5.56 Å². The molecule has 0 radical (unpaired) electrons. The largest absolute Gasteiger partial charge is 0.471 e. The van der Waals surface area contributed by atoms with Crippen molar-refractivity contribution >= 4 is 15.9 Å². The van der Waals surface area contributed by atoms with E-state index in [-0.39, 0.29) is 17.3 Å². The number of nitrogens with one attached hydrogen (secondary N) is 1. The van der Waals surface area contributed by atoms with Gasteiger partial charge in [0.1, 0.15) is 5.75 Å². The molecule has 0 aliphatic rings. The Balaban J connectivity index is 1.65. The SMILES string of the molecule is Cc1ccc(S(=O)(=O)NC(=O)c2ccn(COc3ccccc3)n2)cc1. The zero-order valence-corrected chi connectivity index (χ0v) is 14.8. The van der Waals surface area contributed by atoms with Crippen LogP contribution in [0.1, 0.15) is 16.1 Å². The molecule has 8 heteroatoms. The molecule has 3 rings (SSSR count). The van der Waals surface area contributed by atoms with Gasteiger partial charge in [-0.3, -0.25) is 4.79 Å². The first kappa shape index (κ1) is 17.7. The van der Waals surface area contributed by atoms with Crippen LogP contribution in [-0.2, 0) is 16.8 Å². The topological polar surface area (TPSA) is 90.3 Å². The molecule has 0 aliphatic heterocycles. The number of sulfonamides is 1. The molecule has 1 amide bonds. The minimum atomic E-state index is -3.95. The number of benzene rings is 2. The van der Waals surface area contributed by atoms with Crippen molar-refractivity contribution in [3.05, 3.63) is 78.1 Å². The number of aryl methyl sites for hydroxylation is 1. The number of carbonyl (C=O) groups is 1. The van der Waals surface area contributed by atoms with E-state index in [1.54, 1.807) is 24.3 Å². The molecule has 0 saturated carbocycles. The summed E-state index contributed by atoms with van der Waals surface area (Å²) in [5.41, 5.74) is 0.907. The molecule has 1 aromatic heterocycles. The van der Waals surface area contributed by atoms with Crippen LogP contribution in [0.15, 0.2) is 71.8 Å². The summed E-state index contributed by atoms with van der Waals surface area (Å²) >= 11 is 0. The smallest absolute Gasteiger partial charge is 0.285 e. The summed E-state index contributed by atoms with van der Waals surface area (Å²) in [5.74, 6) is -0.139. The van der Waals surface area contributed by atoms with Gasteiger partial charge in [-0.15, -0.1) is 0 Å². The lowest BCUT2D eigenvalue weighted by molar-refractivity contribution is 0.0974. The fourth-order valence-corrected chi connectivity index (χ4v) is 3.12. The third-order valence-electron chi connectivity index (χ3n) is 3.54. The summed E-state index contributed by atoms with van der Waals surface area (Å²) in [6, 6.07) is 16.8. The molecule has 0 fully saturated rings. The molecular weight excluding hydrogens is 354 g/mol. The van der Waals surface area contributed by atoms with Crippen LogP contribution in [0.2, 0.25) is 0 Å². The number of carbonyl (C=O) groups excluding carboxylic acids is 1. The van der Waals surface area contributed by atoms with Crippen molar-refractivity contribution in [2.75, 3.05) is 0 Å². The van der Waals surface area contributed by atoms with Gasteiger partial charge in [-0.05, 0) is 37.3 Å². The van der Waals surface area contributed by atoms with Gasteiger partial charge < -0.3 is 4.74 Å². The molecule has 0 saturated heterocycles. The van der Waals surface area contributed by atoms with E-state index in [1.165, 1.54) is 29.1 Å². The van der Waals surface area contributed by atoms with Crippen molar-refractivity contribution in [2.24, 2.45) is 0 Å². The number of hydrogen-bond donors (Lipinski definition) is 1. The van der Waals surface area contributed by atoms with Crippen LogP contribution in [0.25, 0.3) is 0 Å². The number of para-hydroxylation sites is 1. The van der Waals surface area contributed by atoms with Crippen molar-refractivity contribution in [1.82, 2.24) is 14.5 Å². The van der Waals surface area contributed by atoms with Crippen LogP contribution in [0, 0.1) is 6.92 Å². The number of rotatable bonds is 6. The molecule has 0 aliphatic carbocycles. The molecule has 2 aromatic carbocycles. The van der Waals surface area contributed by atoms with Gasteiger partial charge in [-0.2, -0.15) is 5.10 Å². The lowest BCUT2D eigenvalue weighted by Crippen LogP contribution is -2.31. The maximum Gasteiger partial charge on any atom is 0.285 e. The van der Waals surface area contributed by atoms with Gasteiger partial charge in [-0.25, -0.2) is 17.8 Å². The van der Waals surface area contributed by atoms with Gasteiger partial charge in [0.15, 0.2) is 12.4 Å². The summed E-state index contributed by atoms with van der Waals surface area (Å²) in [6.45, 7) is 1.95. The van der Waals surface area contributed by atoms with Crippen molar-refractivity contribution < 1.29 is 17.9 Å². The molecule has 3 aromatic rings. The second kappa shape index (κ2) is 7.40. The molecule has 0 spiro atoms. The average Bonchev–Trinajstić information content (AvgIpc) is 3.10. The van der Waals surface area contributed by atoms with E-state index in [1.807, 2.05) is 29.8 Å². The van der Waals surface area contributed by atoms with E-state index in [2.05, 4.69) is 5.10 Å². The number of hydrogen-bond acceptors (Lipinski definition) is 5. The van der Waals surface area contributed by atoms with Gasteiger partial charge in [0.05, 0.1) is 4.90 Å². The quantitative estimate of drug-likeness (QED) is 0.718. The maximum atomic E-state index is 12.3. The van der Waals surface area contributed by atoms with Crippen LogP contribution in [0.3, 0.4) is 0 Å². The summed E-state index contributed by atoms with van der Waals surface area (Å²) in [7, 11) is -3.95. The molecule has 0 bridgehead atoms. The van der Waals surface area contributed by atoms with E-state index in [4.69, 9.17) is 4.74 Å². The minimum Gasteiger partial charge on any atom is -0.471 e. The summed E-state index contributed by atoms with van der Waals surface area (Å²) in [4.78, 5) is 12.2. The van der Waals surface area contributed by atoms with Crippen LogP contribution in [0.5, 0.6) is 5.75 Å². The maximum absolute atomic E-state index is 12.3. The van der Waals surface area contributed by atoms with E-state index in [9.17, 15) is 13.2 Å². The first-order chi connectivity index (χ1) is 12.4. The Morgan fingerprint density at radius 1 is 1.08 bits per heavy atom. The fourth-order valence-electron chi connectivity index (χ4n) is 2.16. The highest BCUT2D eigenvalue weighted by molar-refractivity contribution is 7.90. The first-order valence-electron chi connectivity index (χ1n) is 7.79. The monoisotopic (exact) mass is 371 g/mol. The fraction of sp³-hybridized carbons (Fsp3) is 0.111. The normalized spacial score (nSPS) is 11.1. The van der Waals surface area contributed by atoms with Gasteiger partial charge in [0, 0.05) is 6.20 Å². The molecular formula is C18H17N3O4S. The van der Waals surface area contributed by atoms with E-state index in [0.29, 0.717) is 5.75 Å². The number of ether oxygens (including phenoxy) is 1. The second-order valence-corrected chi connectivity index (χ2v) is 7.26. The van der Waals surface area contributed by atoms with E-state index >= 15 is 0 Å². The lowest BCUT2D eigenvalue weighted by Gasteiger charge is -2.06. The van der Waals surface area contributed by atoms with Crippen LogP contribution in [0.4, 0.5) is 0 Å². The highest BCUT2D eigenvalue weighted by Crippen LogP contribution is 2.11. The Bertz CT molecular complexity index is 996. The van der Waals surface area contributed by atoms with Crippen LogP contribution < -0.4 is 9.46 Å². The van der Waals surface area contributed by atoms with Gasteiger partial charge in [-0.1, -0.05) is 35.9 Å². The van der Waals surface area contributed by atoms with Gasteiger partial charge >= 0.3 is 0 Å². The zero-order valence-electron chi connectivity index (χ0n) is 14.0. The highest BCUT2D eigenvalue weighted by atomic mass is 32.2. The Morgan fingerprint density at radius 3 is 2.46 bits per heavy atom. The Hall–Kier alpha value is -3.13. The van der Waals surface area contributed by atoms with Gasteiger partial charge in [0.25, 0.3) is 15.9 Å². The summed E-state index contributed by atoms with van der Waals surface area (Å²) in [5, 5.41) is 4.03. The highest BCUT2D eigenvalue weighted by Gasteiger charge is 2.20. The Kier molecular flexibility index (Phi) is 5.04. The lowest BCUT2D eigenvalue weighted by atomic mass is 10.2. The number of amides is 1. The molecule has 1 N–H and O–H groups in total. The Labute approximate surface area is 151 Å². The predicted octanol–water partition coefficient (Wildman–Crippen LogP) is 2.35. The molecule has 0 unspecified atom stereocenters. The standard InChI is InChI=1S/C18H17N3O4S/c1-14-7-9-16(10-8-14)26(23,24)20-18(22)17-11-12-21(19-17)13-25-15-5-3-2-4-6-15/h2-12H,13H2,1H3,(H,20,22). The summed E-state index contributed by atoms with van der Waals surface area (Å²) < 4.78 is 33.4. The molecule has 0 atom stereocenters. The molecule has 134 valence electrons. The van der Waals surface area contributed by atoms with Crippen LogP contribution in [-0.4, -0.2) is 24.1 Å².